The van der Waals surface area contributed by atoms with E-state index < -0.39 is 0 Å². The molecule has 0 heterocycles. The lowest BCUT2D eigenvalue weighted by molar-refractivity contribution is 0.283. The normalized spacial score (nSPS) is 10.3. The molecular formula is C16H19NO2. The summed E-state index contributed by atoms with van der Waals surface area (Å²) in [6, 6.07) is 13.9. The monoisotopic (exact) mass is 257 g/mol. The predicted octanol–water partition coefficient (Wildman–Crippen LogP) is 3.04. The number of benzene rings is 2. The van der Waals surface area contributed by atoms with E-state index in [2.05, 4.69) is 0 Å². The van der Waals surface area contributed by atoms with Gasteiger partial charge in [0.25, 0.3) is 0 Å². The average molecular weight is 257 g/mol. The lowest BCUT2D eigenvalue weighted by Gasteiger charge is -2.13. The third-order valence-electron chi connectivity index (χ3n) is 3.04. The van der Waals surface area contributed by atoms with Crippen LogP contribution in [0.1, 0.15) is 16.7 Å². The van der Waals surface area contributed by atoms with E-state index in [0.29, 0.717) is 13.2 Å². The minimum absolute atomic E-state index is 0.493. The Bertz CT molecular complexity index is 552. The second kappa shape index (κ2) is 6.25. The van der Waals surface area contributed by atoms with Gasteiger partial charge in [-0.3, -0.25) is 0 Å². The molecule has 0 spiro atoms. The summed E-state index contributed by atoms with van der Waals surface area (Å²) >= 11 is 0. The summed E-state index contributed by atoms with van der Waals surface area (Å²) in [6.07, 6.45) is 0. The predicted molar refractivity (Wildman–Crippen MR) is 76.4 cm³/mol. The first-order chi connectivity index (χ1) is 9.24. The lowest BCUT2D eigenvalue weighted by Crippen LogP contribution is -2.05. The van der Waals surface area contributed by atoms with Gasteiger partial charge < -0.3 is 15.2 Å². The second-order valence-electron chi connectivity index (χ2n) is 4.42. The molecule has 0 atom stereocenters. The van der Waals surface area contributed by atoms with Gasteiger partial charge in [0.15, 0.2) is 11.5 Å². The maximum Gasteiger partial charge on any atom is 0.161 e. The van der Waals surface area contributed by atoms with Gasteiger partial charge in [-0.25, -0.2) is 0 Å². The van der Waals surface area contributed by atoms with E-state index in [1.807, 2.05) is 49.4 Å². The summed E-state index contributed by atoms with van der Waals surface area (Å²) in [4.78, 5) is 0. The Morgan fingerprint density at radius 2 is 1.74 bits per heavy atom. The first kappa shape index (κ1) is 13.4. The highest BCUT2D eigenvalue weighted by molar-refractivity contribution is 5.42. The molecule has 2 aromatic rings. The van der Waals surface area contributed by atoms with Crippen molar-refractivity contribution >= 4 is 0 Å². The van der Waals surface area contributed by atoms with Crippen LogP contribution in [0.4, 0.5) is 0 Å². The van der Waals surface area contributed by atoms with Gasteiger partial charge in [0.05, 0.1) is 7.11 Å². The third-order valence-corrected chi connectivity index (χ3v) is 3.04. The van der Waals surface area contributed by atoms with Crippen LogP contribution >= 0.6 is 0 Å². The van der Waals surface area contributed by atoms with Crippen molar-refractivity contribution in [2.24, 2.45) is 5.73 Å². The van der Waals surface area contributed by atoms with Crippen molar-refractivity contribution in [1.82, 2.24) is 0 Å². The summed E-state index contributed by atoms with van der Waals surface area (Å²) < 4.78 is 11.2. The molecule has 0 aliphatic rings. The topological polar surface area (TPSA) is 44.5 Å². The molecule has 3 heteroatoms. The number of hydrogen-bond donors (Lipinski definition) is 1. The highest BCUT2D eigenvalue weighted by atomic mass is 16.5. The Hall–Kier alpha value is -2.00. The van der Waals surface area contributed by atoms with Crippen LogP contribution in [0.5, 0.6) is 11.5 Å². The van der Waals surface area contributed by atoms with Gasteiger partial charge >= 0.3 is 0 Å². The first-order valence-electron chi connectivity index (χ1n) is 6.29. The van der Waals surface area contributed by atoms with E-state index in [1.54, 1.807) is 7.11 Å². The SMILES string of the molecule is COc1cc(C)ccc1OCc1ccccc1CN. The van der Waals surface area contributed by atoms with Crippen molar-refractivity contribution < 1.29 is 9.47 Å². The van der Waals surface area contributed by atoms with Crippen LogP contribution in [0.2, 0.25) is 0 Å². The van der Waals surface area contributed by atoms with E-state index >= 15 is 0 Å². The highest BCUT2D eigenvalue weighted by Gasteiger charge is 2.06. The molecule has 0 amide bonds. The maximum absolute atomic E-state index is 5.83. The van der Waals surface area contributed by atoms with Crippen molar-refractivity contribution in [3.63, 3.8) is 0 Å². The number of methoxy groups -OCH3 is 1. The van der Waals surface area contributed by atoms with E-state index in [1.165, 1.54) is 0 Å². The van der Waals surface area contributed by atoms with Crippen LogP contribution in [0.25, 0.3) is 0 Å². The van der Waals surface area contributed by atoms with Gasteiger partial charge in [0.1, 0.15) is 6.61 Å². The molecule has 2 aromatic carbocycles. The summed E-state index contributed by atoms with van der Waals surface area (Å²) in [6.45, 7) is 3.04. The zero-order valence-corrected chi connectivity index (χ0v) is 11.3. The fraction of sp³-hybridized carbons (Fsp3) is 0.250. The highest BCUT2D eigenvalue weighted by Crippen LogP contribution is 2.28. The molecule has 0 radical (unpaired) electrons. The molecular weight excluding hydrogens is 238 g/mol. The largest absolute Gasteiger partial charge is 0.493 e. The first-order valence-corrected chi connectivity index (χ1v) is 6.29. The van der Waals surface area contributed by atoms with Gasteiger partial charge in [-0.05, 0) is 35.7 Å². The molecule has 0 bridgehead atoms. The number of aryl methyl sites for hydroxylation is 1. The maximum atomic E-state index is 5.83. The molecule has 2 N–H and O–H groups in total. The second-order valence-corrected chi connectivity index (χ2v) is 4.42. The Morgan fingerprint density at radius 3 is 2.42 bits per heavy atom. The molecule has 0 saturated carbocycles. The van der Waals surface area contributed by atoms with Crippen LogP contribution in [0.3, 0.4) is 0 Å². The summed E-state index contributed by atoms with van der Waals surface area (Å²) in [5, 5.41) is 0. The molecule has 0 aliphatic heterocycles. The summed E-state index contributed by atoms with van der Waals surface area (Å²) in [5.74, 6) is 1.50. The molecule has 100 valence electrons. The molecule has 0 saturated heterocycles. The van der Waals surface area contributed by atoms with E-state index in [4.69, 9.17) is 15.2 Å². The molecule has 2 rings (SSSR count). The van der Waals surface area contributed by atoms with Crippen molar-refractivity contribution in [3.05, 3.63) is 59.2 Å². The van der Waals surface area contributed by atoms with Crippen molar-refractivity contribution in [2.45, 2.75) is 20.1 Å². The third kappa shape index (κ3) is 3.26. The average Bonchev–Trinajstić information content (AvgIpc) is 2.46. The molecule has 0 fully saturated rings. The molecule has 0 unspecified atom stereocenters. The van der Waals surface area contributed by atoms with Crippen LogP contribution in [0, 0.1) is 6.92 Å². The van der Waals surface area contributed by atoms with Gasteiger partial charge in [0, 0.05) is 6.54 Å². The zero-order valence-electron chi connectivity index (χ0n) is 11.3. The Balaban J connectivity index is 2.14. The number of nitrogens with two attached hydrogens (primary N) is 1. The number of rotatable bonds is 5. The Morgan fingerprint density at radius 1 is 1.00 bits per heavy atom. The number of ether oxygens (including phenoxy) is 2. The smallest absolute Gasteiger partial charge is 0.161 e. The number of hydrogen-bond acceptors (Lipinski definition) is 3. The van der Waals surface area contributed by atoms with E-state index in [9.17, 15) is 0 Å². The Labute approximate surface area is 114 Å². The molecule has 0 aromatic heterocycles. The fourth-order valence-corrected chi connectivity index (χ4v) is 1.95. The van der Waals surface area contributed by atoms with E-state index in [-0.39, 0.29) is 0 Å². The van der Waals surface area contributed by atoms with Crippen LogP contribution in [-0.4, -0.2) is 7.11 Å². The summed E-state index contributed by atoms with van der Waals surface area (Å²) in [5.41, 5.74) is 9.07. The standard InChI is InChI=1S/C16H19NO2/c1-12-7-8-15(16(9-12)18-2)19-11-14-6-4-3-5-13(14)10-17/h3-9H,10-11,17H2,1-2H3. The van der Waals surface area contributed by atoms with Crippen LogP contribution in [0.15, 0.2) is 42.5 Å². The summed E-state index contributed by atoms with van der Waals surface area (Å²) in [7, 11) is 1.65. The molecule has 0 aliphatic carbocycles. The van der Waals surface area contributed by atoms with Crippen molar-refractivity contribution in [1.29, 1.82) is 0 Å². The quantitative estimate of drug-likeness (QED) is 0.895. The minimum Gasteiger partial charge on any atom is -0.493 e. The van der Waals surface area contributed by atoms with Crippen molar-refractivity contribution in [3.8, 4) is 11.5 Å². The minimum atomic E-state index is 0.493. The molecule has 19 heavy (non-hydrogen) atoms. The fourth-order valence-electron chi connectivity index (χ4n) is 1.95. The van der Waals surface area contributed by atoms with Crippen LogP contribution < -0.4 is 15.2 Å². The van der Waals surface area contributed by atoms with Crippen LogP contribution in [-0.2, 0) is 13.2 Å². The molecule has 3 nitrogen and oxygen atoms in total. The van der Waals surface area contributed by atoms with Gasteiger partial charge in [-0.2, -0.15) is 0 Å². The van der Waals surface area contributed by atoms with E-state index in [0.717, 1.165) is 28.2 Å². The zero-order chi connectivity index (χ0) is 13.7. The van der Waals surface area contributed by atoms with Gasteiger partial charge in [-0.15, -0.1) is 0 Å². The van der Waals surface area contributed by atoms with Gasteiger partial charge in [-0.1, -0.05) is 30.3 Å². The van der Waals surface area contributed by atoms with Gasteiger partial charge in [0.2, 0.25) is 0 Å². The Kier molecular flexibility index (Phi) is 4.42. The lowest BCUT2D eigenvalue weighted by atomic mass is 10.1. The van der Waals surface area contributed by atoms with Crippen molar-refractivity contribution in [2.75, 3.05) is 7.11 Å².